The third kappa shape index (κ3) is 3.84. The molecule has 3 rings (SSSR count). The van der Waals surface area contributed by atoms with E-state index in [0.717, 1.165) is 0 Å². The van der Waals surface area contributed by atoms with Crippen molar-refractivity contribution in [3.05, 3.63) is 65.2 Å². The summed E-state index contributed by atoms with van der Waals surface area (Å²) >= 11 is 5.91. The Kier molecular flexibility index (Phi) is 5.06. The fourth-order valence-electron chi connectivity index (χ4n) is 2.20. The van der Waals surface area contributed by atoms with Gasteiger partial charge in [-0.15, -0.1) is 5.10 Å². The quantitative estimate of drug-likeness (QED) is 0.732. The van der Waals surface area contributed by atoms with Crippen molar-refractivity contribution in [1.29, 1.82) is 0 Å². The molecule has 6 nitrogen and oxygen atoms in total. The highest BCUT2D eigenvalue weighted by atomic mass is 35.5. The van der Waals surface area contributed by atoms with E-state index >= 15 is 0 Å². The lowest BCUT2D eigenvalue weighted by Crippen LogP contribution is -2.27. The Labute approximate surface area is 147 Å². The van der Waals surface area contributed by atoms with Gasteiger partial charge < -0.3 is 10.4 Å². The first-order valence-corrected chi connectivity index (χ1v) is 7.84. The van der Waals surface area contributed by atoms with Crippen LogP contribution in [-0.2, 0) is 0 Å². The molecule has 1 amide bonds. The van der Waals surface area contributed by atoms with E-state index in [9.17, 15) is 9.18 Å². The summed E-state index contributed by atoms with van der Waals surface area (Å²) < 4.78 is 14.7. The van der Waals surface area contributed by atoms with Gasteiger partial charge in [0.2, 0.25) is 5.82 Å². The number of rotatable bonds is 5. The number of amides is 1. The van der Waals surface area contributed by atoms with E-state index in [4.69, 9.17) is 16.7 Å². The molecular weight excluding hydrogens is 347 g/mol. The number of benzene rings is 2. The van der Waals surface area contributed by atoms with E-state index < -0.39 is 5.91 Å². The van der Waals surface area contributed by atoms with Gasteiger partial charge in [0.15, 0.2) is 5.82 Å². The molecule has 2 N–H and O–H groups in total. The summed E-state index contributed by atoms with van der Waals surface area (Å²) in [5, 5.41) is 16.1. The summed E-state index contributed by atoms with van der Waals surface area (Å²) in [6.07, 6.45) is 0. The Morgan fingerprint density at radius 2 is 1.84 bits per heavy atom. The number of aliphatic hydroxyl groups excluding tert-OH is 1. The van der Waals surface area contributed by atoms with Crippen LogP contribution in [0.15, 0.2) is 48.5 Å². The highest BCUT2D eigenvalue weighted by Gasteiger charge is 2.18. The molecule has 0 atom stereocenters. The van der Waals surface area contributed by atoms with Gasteiger partial charge in [-0.3, -0.25) is 4.79 Å². The minimum Gasteiger partial charge on any atom is -0.395 e. The molecule has 128 valence electrons. The van der Waals surface area contributed by atoms with Crippen molar-refractivity contribution in [2.45, 2.75) is 0 Å². The van der Waals surface area contributed by atoms with E-state index in [1.165, 1.54) is 16.8 Å². The smallest absolute Gasteiger partial charge is 0.291 e. The number of nitrogens with one attached hydrogen (secondary N) is 1. The molecule has 0 aliphatic carbocycles. The maximum Gasteiger partial charge on any atom is 0.291 e. The van der Waals surface area contributed by atoms with Crippen LogP contribution < -0.4 is 5.32 Å². The second kappa shape index (κ2) is 7.42. The van der Waals surface area contributed by atoms with Crippen molar-refractivity contribution >= 4 is 17.5 Å². The van der Waals surface area contributed by atoms with Crippen molar-refractivity contribution in [2.24, 2.45) is 0 Å². The van der Waals surface area contributed by atoms with Gasteiger partial charge in [-0.25, -0.2) is 14.1 Å². The molecule has 3 aromatic rings. The molecule has 2 aromatic carbocycles. The van der Waals surface area contributed by atoms with Crippen LogP contribution in [0.1, 0.15) is 10.6 Å². The van der Waals surface area contributed by atoms with E-state index in [1.807, 2.05) is 0 Å². The molecule has 0 aliphatic heterocycles. The lowest BCUT2D eigenvalue weighted by molar-refractivity contribution is 0.0934. The second-order valence-electron chi connectivity index (χ2n) is 5.13. The maximum atomic E-state index is 13.2. The number of carbonyl (C=O) groups is 1. The lowest BCUT2D eigenvalue weighted by Gasteiger charge is -2.06. The van der Waals surface area contributed by atoms with Crippen LogP contribution in [0, 0.1) is 5.82 Å². The van der Waals surface area contributed by atoms with E-state index in [1.54, 1.807) is 36.4 Å². The fraction of sp³-hybridized carbons (Fsp3) is 0.118. The van der Waals surface area contributed by atoms with E-state index in [2.05, 4.69) is 15.4 Å². The standard InChI is InChI=1S/C17H14ClFN4O2/c18-12-3-1-11(2-4-12)16-21-15(17(25)20-9-10-24)22-23(16)14-7-5-13(19)6-8-14/h1-8,24H,9-10H2,(H,20,25). The molecular formula is C17H14ClFN4O2. The first kappa shape index (κ1) is 17.1. The summed E-state index contributed by atoms with van der Waals surface area (Å²) in [6.45, 7) is -0.0886. The molecule has 0 radical (unpaired) electrons. The van der Waals surface area contributed by atoms with Gasteiger partial charge in [-0.05, 0) is 48.5 Å². The summed E-state index contributed by atoms with van der Waals surface area (Å²) in [7, 11) is 0. The zero-order valence-electron chi connectivity index (χ0n) is 13.0. The predicted molar refractivity (Wildman–Crippen MR) is 91.2 cm³/mol. The molecule has 1 aromatic heterocycles. The number of hydrogen-bond acceptors (Lipinski definition) is 4. The fourth-order valence-corrected chi connectivity index (χ4v) is 2.33. The van der Waals surface area contributed by atoms with Gasteiger partial charge in [-0.2, -0.15) is 0 Å². The third-order valence-electron chi connectivity index (χ3n) is 3.38. The molecule has 0 aliphatic rings. The molecule has 0 fully saturated rings. The van der Waals surface area contributed by atoms with Gasteiger partial charge >= 0.3 is 0 Å². The lowest BCUT2D eigenvalue weighted by atomic mass is 10.2. The number of aliphatic hydroxyl groups is 1. The maximum absolute atomic E-state index is 13.2. The van der Waals surface area contributed by atoms with Gasteiger partial charge in [0.05, 0.1) is 12.3 Å². The molecule has 25 heavy (non-hydrogen) atoms. The average molecular weight is 361 g/mol. The zero-order valence-corrected chi connectivity index (χ0v) is 13.7. The predicted octanol–water partition coefficient (Wildman–Crippen LogP) is 2.45. The summed E-state index contributed by atoms with van der Waals surface area (Å²) in [5.74, 6) is -0.525. The SMILES string of the molecule is O=C(NCCO)c1nc(-c2ccc(Cl)cc2)n(-c2ccc(F)cc2)n1. The van der Waals surface area contributed by atoms with Crippen LogP contribution in [0.5, 0.6) is 0 Å². The van der Waals surface area contributed by atoms with Crippen molar-refractivity contribution < 1.29 is 14.3 Å². The largest absolute Gasteiger partial charge is 0.395 e. The van der Waals surface area contributed by atoms with Gasteiger partial charge in [-0.1, -0.05) is 11.6 Å². The van der Waals surface area contributed by atoms with Crippen molar-refractivity contribution in [1.82, 2.24) is 20.1 Å². The van der Waals surface area contributed by atoms with Crippen LogP contribution in [-0.4, -0.2) is 38.9 Å². The minimum atomic E-state index is -0.509. The second-order valence-corrected chi connectivity index (χ2v) is 5.57. The summed E-state index contributed by atoms with van der Waals surface area (Å²) in [6, 6.07) is 12.6. The number of nitrogens with zero attached hydrogens (tertiary/aromatic N) is 3. The van der Waals surface area contributed by atoms with Crippen LogP contribution in [0.3, 0.4) is 0 Å². The Morgan fingerprint density at radius 3 is 2.48 bits per heavy atom. The van der Waals surface area contributed by atoms with Crippen molar-refractivity contribution in [3.8, 4) is 17.1 Å². The summed E-state index contributed by atoms with van der Waals surface area (Å²) in [4.78, 5) is 16.4. The molecule has 8 heteroatoms. The third-order valence-corrected chi connectivity index (χ3v) is 3.63. The average Bonchev–Trinajstić information content (AvgIpc) is 3.06. The Bertz CT molecular complexity index is 816. The topological polar surface area (TPSA) is 80.0 Å². The van der Waals surface area contributed by atoms with Crippen LogP contribution >= 0.6 is 11.6 Å². The zero-order chi connectivity index (χ0) is 17.8. The first-order chi connectivity index (χ1) is 12.1. The van der Waals surface area contributed by atoms with Gasteiger partial charge in [0, 0.05) is 17.1 Å². The number of carbonyl (C=O) groups excluding carboxylic acids is 1. The summed E-state index contributed by atoms with van der Waals surface area (Å²) in [5.41, 5.74) is 1.25. The van der Waals surface area contributed by atoms with Gasteiger partial charge in [0.1, 0.15) is 5.82 Å². The molecule has 1 heterocycles. The monoisotopic (exact) mass is 360 g/mol. The normalized spacial score (nSPS) is 10.7. The van der Waals surface area contributed by atoms with Crippen molar-refractivity contribution in [2.75, 3.05) is 13.2 Å². The number of aromatic nitrogens is 3. The molecule has 0 saturated carbocycles. The Morgan fingerprint density at radius 1 is 1.16 bits per heavy atom. The van der Waals surface area contributed by atoms with Crippen LogP contribution in [0.2, 0.25) is 5.02 Å². The highest BCUT2D eigenvalue weighted by Crippen LogP contribution is 2.23. The van der Waals surface area contributed by atoms with Crippen LogP contribution in [0.25, 0.3) is 17.1 Å². The van der Waals surface area contributed by atoms with Gasteiger partial charge in [0.25, 0.3) is 5.91 Å². The van der Waals surface area contributed by atoms with E-state index in [0.29, 0.717) is 22.1 Å². The molecule has 0 unspecified atom stereocenters. The van der Waals surface area contributed by atoms with Crippen molar-refractivity contribution in [3.63, 3.8) is 0 Å². The van der Waals surface area contributed by atoms with Crippen LogP contribution in [0.4, 0.5) is 4.39 Å². The molecule has 0 bridgehead atoms. The minimum absolute atomic E-state index is 0.0530. The molecule has 0 saturated heterocycles. The Balaban J connectivity index is 2.07. The number of halogens is 2. The Hall–Kier alpha value is -2.77. The molecule has 0 spiro atoms. The number of hydrogen-bond donors (Lipinski definition) is 2. The first-order valence-electron chi connectivity index (χ1n) is 7.46. The highest BCUT2D eigenvalue weighted by molar-refractivity contribution is 6.30. The van der Waals surface area contributed by atoms with E-state index in [-0.39, 0.29) is 24.8 Å².